The standard InChI is InChI=1S/C28H32N2O/c1-26-10-8-22-15-21-4-5-23(29)16-27(21)11-12-28(22,31-27)25(26)7-6-24(26)19-3-2-18-9-13-30-17-20(18)14-19/h2-3,8-9,13-15,17,23-25H,4-7,10-12,16,29H2,1H3/t23-,24-,25-,26-,27?,28-/m1/s1. The van der Waals surface area contributed by atoms with E-state index in [1.807, 2.05) is 12.4 Å². The van der Waals surface area contributed by atoms with Gasteiger partial charge in [0.15, 0.2) is 0 Å². The molecule has 2 aromatic rings. The van der Waals surface area contributed by atoms with Gasteiger partial charge in [-0.2, -0.15) is 0 Å². The number of rotatable bonds is 1. The van der Waals surface area contributed by atoms with E-state index in [9.17, 15) is 0 Å². The Labute approximate surface area is 184 Å². The predicted octanol–water partition coefficient (Wildman–Crippen LogP) is 5.80. The molecule has 3 aliphatic carbocycles. The number of benzene rings is 1. The van der Waals surface area contributed by atoms with Crippen LogP contribution in [0.15, 0.2) is 60.0 Å². The van der Waals surface area contributed by atoms with Gasteiger partial charge < -0.3 is 10.5 Å². The highest BCUT2D eigenvalue weighted by molar-refractivity contribution is 5.82. The second-order valence-corrected chi connectivity index (χ2v) is 11.2. The lowest BCUT2D eigenvalue weighted by molar-refractivity contribution is -0.135. The smallest absolute Gasteiger partial charge is 0.0974 e. The van der Waals surface area contributed by atoms with Gasteiger partial charge in [-0.05, 0) is 103 Å². The van der Waals surface area contributed by atoms with Gasteiger partial charge >= 0.3 is 0 Å². The quantitative estimate of drug-likeness (QED) is 0.643. The molecule has 3 heterocycles. The molecule has 2 saturated carbocycles. The summed E-state index contributed by atoms with van der Waals surface area (Å²) in [5, 5.41) is 2.54. The Morgan fingerprint density at radius 3 is 2.97 bits per heavy atom. The van der Waals surface area contributed by atoms with Crippen LogP contribution < -0.4 is 5.73 Å². The number of allylic oxidation sites excluding steroid dienone is 1. The Kier molecular flexibility index (Phi) is 3.65. The summed E-state index contributed by atoms with van der Waals surface area (Å²) in [6.45, 7) is 2.55. The summed E-state index contributed by atoms with van der Waals surface area (Å²) >= 11 is 0. The first-order valence-electron chi connectivity index (χ1n) is 12.2. The maximum absolute atomic E-state index is 7.26. The number of aromatic nitrogens is 1. The molecular weight excluding hydrogens is 380 g/mol. The summed E-state index contributed by atoms with van der Waals surface area (Å²) in [7, 11) is 0. The highest BCUT2D eigenvalue weighted by atomic mass is 16.5. The van der Waals surface area contributed by atoms with E-state index < -0.39 is 0 Å². The SMILES string of the molecule is C[C@]12CC=C3C=C4CC[C@@H](N)CC45CC[C@]3(O5)[C@@H]1CC[C@@H]2c1ccc2ccncc2c1. The molecule has 31 heavy (non-hydrogen) atoms. The largest absolute Gasteiger partial charge is 0.359 e. The van der Waals surface area contributed by atoms with Crippen LogP contribution in [0.1, 0.15) is 69.8 Å². The lowest BCUT2D eigenvalue weighted by Crippen LogP contribution is -2.54. The summed E-state index contributed by atoms with van der Waals surface area (Å²) in [5.41, 5.74) is 11.0. The molecule has 1 aromatic heterocycles. The molecule has 3 nitrogen and oxygen atoms in total. The van der Waals surface area contributed by atoms with Gasteiger partial charge in [-0.1, -0.05) is 31.2 Å². The van der Waals surface area contributed by atoms with Crippen LogP contribution in [-0.4, -0.2) is 22.2 Å². The van der Waals surface area contributed by atoms with Crippen molar-refractivity contribution in [2.24, 2.45) is 17.1 Å². The third kappa shape index (κ3) is 2.34. The Morgan fingerprint density at radius 1 is 1.10 bits per heavy atom. The van der Waals surface area contributed by atoms with Crippen molar-refractivity contribution in [1.29, 1.82) is 0 Å². The fourth-order valence-corrected chi connectivity index (χ4v) is 8.31. The van der Waals surface area contributed by atoms with Gasteiger partial charge in [-0.15, -0.1) is 0 Å². The molecule has 0 amide bonds. The van der Waals surface area contributed by atoms with Crippen LogP contribution >= 0.6 is 0 Å². The summed E-state index contributed by atoms with van der Waals surface area (Å²) in [6.07, 6.45) is 18.2. The average Bonchev–Trinajstić information content (AvgIpc) is 3.28. The Morgan fingerprint density at radius 2 is 2.03 bits per heavy atom. The molecule has 1 saturated heterocycles. The summed E-state index contributed by atoms with van der Waals surface area (Å²) in [4.78, 5) is 4.36. The van der Waals surface area contributed by atoms with Crippen molar-refractivity contribution in [3.63, 3.8) is 0 Å². The highest BCUT2D eigenvalue weighted by Gasteiger charge is 2.66. The van der Waals surface area contributed by atoms with Gasteiger partial charge in [-0.25, -0.2) is 0 Å². The lowest BCUT2D eigenvalue weighted by atomic mass is 9.58. The van der Waals surface area contributed by atoms with Crippen molar-refractivity contribution in [3.05, 3.63) is 65.5 Å². The number of pyridine rings is 1. The van der Waals surface area contributed by atoms with Gasteiger partial charge in [0.25, 0.3) is 0 Å². The number of fused-ring (bicyclic) bond motifs is 2. The molecule has 160 valence electrons. The van der Waals surface area contributed by atoms with Crippen molar-refractivity contribution >= 4 is 10.8 Å². The minimum Gasteiger partial charge on any atom is -0.359 e. The molecule has 2 aliphatic heterocycles. The fourth-order valence-electron chi connectivity index (χ4n) is 8.31. The van der Waals surface area contributed by atoms with Crippen LogP contribution in [-0.2, 0) is 4.74 Å². The van der Waals surface area contributed by atoms with E-state index in [4.69, 9.17) is 10.5 Å². The van der Waals surface area contributed by atoms with Crippen LogP contribution in [0.5, 0.6) is 0 Å². The lowest BCUT2D eigenvalue weighted by Gasteiger charge is -2.54. The minimum absolute atomic E-state index is 0.0695. The molecule has 3 heteroatoms. The maximum atomic E-state index is 7.26. The zero-order valence-corrected chi connectivity index (χ0v) is 18.4. The van der Waals surface area contributed by atoms with E-state index in [2.05, 4.69) is 48.3 Å². The first-order chi connectivity index (χ1) is 15.0. The van der Waals surface area contributed by atoms with Crippen molar-refractivity contribution < 1.29 is 4.74 Å². The van der Waals surface area contributed by atoms with Crippen LogP contribution in [0.3, 0.4) is 0 Å². The first-order valence-corrected chi connectivity index (χ1v) is 12.2. The Hall–Kier alpha value is -1.97. The summed E-state index contributed by atoms with van der Waals surface area (Å²) < 4.78 is 7.26. The van der Waals surface area contributed by atoms with Gasteiger partial charge in [0, 0.05) is 23.8 Å². The normalized spacial score (nSPS) is 43.1. The number of nitrogens with two attached hydrogens (primary N) is 1. The molecule has 5 aliphatic rings. The summed E-state index contributed by atoms with van der Waals surface area (Å²) in [5.74, 6) is 1.17. The monoisotopic (exact) mass is 412 g/mol. The van der Waals surface area contributed by atoms with Crippen LogP contribution in [0.25, 0.3) is 10.8 Å². The third-order valence-electron chi connectivity index (χ3n) is 9.79. The molecule has 2 N–H and O–H groups in total. The molecular formula is C28H32N2O. The third-order valence-corrected chi connectivity index (χ3v) is 9.79. The van der Waals surface area contributed by atoms with Crippen molar-refractivity contribution in [3.8, 4) is 0 Å². The van der Waals surface area contributed by atoms with E-state index >= 15 is 0 Å². The Bertz CT molecular complexity index is 1150. The van der Waals surface area contributed by atoms with Gasteiger partial charge in [0.05, 0.1) is 11.2 Å². The van der Waals surface area contributed by atoms with Crippen LogP contribution in [0.4, 0.5) is 0 Å². The van der Waals surface area contributed by atoms with Gasteiger partial charge in [0.2, 0.25) is 0 Å². The van der Waals surface area contributed by atoms with E-state index in [1.54, 1.807) is 0 Å². The van der Waals surface area contributed by atoms with E-state index in [0.29, 0.717) is 11.8 Å². The maximum Gasteiger partial charge on any atom is 0.0974 e. The van der Waals surface area contributed by atoms with Crippen molar-refractivity contribution in [2.45, 2.75) is 81.5 Å². The Balaban J connectivity index is 1.31. The molecule has 2 bridgehead atoms. The topological polar surface area (TPSA) is 48.1 Å². The fraction of sp³-hybridized carbons (Fsp3) is 0.536. The highest BCUT2D eigenvalue weighted by Crippen LogP contribution is 2.69. The number of hydrogen-bond donors (Lipinski definition) is 1. The molecule has 1 aromatic carbocycles. The number of nitrogens with zero attached hydrogens (tertiary/aromatic N) is 1. The zero-order chi connectivity index (χ0) is 20.8. The van der Waals surface area contributed by atoms with Gasteiger partial charge in [0.1, 0.15) is 0 Å². The van der Waals surface area contributed by atoms with E-state index in [0.717, 1.165) is 32.1 Å². The number of ether oxygens (including phenoxy) is 1. The summed E-state index contributed by atoms with van der Waals surface area (Å²) in [6, 6.07) is 9.45. The minimum atomic E-state index is -0.0826. The first kappa shape index (κ1) is 18.6. The second kappa shape index (κ2) is 6.08. The molecule has 3 fully saturated rings. The van der Waals surface area contributed by atoms with Crippen LogP contribution in [0.2, 0.25) is 0 Å². The molecule has 1 unspecified atom stereocenters. The second-order valence-electron chi connectivity index (χ2n) is 11.2. The van der Waals surface area contributed by atoms with Gasteiger partial charge in [-0.3, -0.25) is 4.98 Å². The zero-order valence-electron chi connectivity index (χ0n) is 18.4. The molecule has 6 atom stereocenters. The van der Waals surface area contributed by atoms with Crippen molar-refractivity contribution in [2.75, 3.05) is 0 Å². The average molecular weight is 413 g/mol. The van der Waals surface area contributed by atoms with E-state index in [-0.39, 0.29) is 22.7 Å². The molecule has 0 radical (unpaired) electrons. The number of hydrogen-bond acceptors (Lipinski definition) is 3. The van der Waals surface area contributed by atoms with Crippen molar-refractivity contribution in [1.82, 2.24) is 4.98 Å². The van der Waals surface area contributed by atoms with E-state index in [1.165, 1.54) is 46.7 Å². The predicted molar refractivity (Wildman–Crippen MR) is 124 cm³/mol. The van der Waals surface area contributed by atoms with Crippen LogP contribution in [0, 0.1) is 11.3 Å². The molecule has 7 rings (SSSR count). The molecule has 2 spiro atoms.